The molecular formula is C24H32N2O7S. The molecule has 0 atom stereocenters. The van der Waals surface area contributed by atoms with Gasteiger partial charge in [0.2, 0.25) is 5.75 Å². The summed E-state index contributed by atoms with van der Waals surface area (Å²) >= 11 is 1.05. The fourth-order valence-electron chi connectivity index (χ4n) is 3.37. The van der Waals surface area contributed by atoms with Crippen LogP contribution in [0.1, 0.15) is 63.6 Å². The van der Waals surface area contributed by atoms with E-state index in [0.717, 1.165) is 11.3 Å². The van der Waals surface area contributed by atoms with Gasteiger partial charge >= 0.3 is 5.97 Å². The van der Waals surface area contributed by atoms with Crippen molar-refractivity contribution in [1.82, 2.24) is 4.90 Å². The van der Waals surface area contributed by atoms with Crippen molar-refractivity contribution in [2.75, 3.05) is 39.7 Å². The zero-order valence-electron chi connectivity index (χ0n) is 20.9. The Bertz CT molecular complexity index is 1030. The minimum absolute atomic E-state index is 0.162. The lowest BCUT2D eigenvalue weighted by molar-refractivity contribution is 0.0379. The van der Waals surface area contributed by atoms with Gasteiger partial charge in [0.15, 0.2) is 11.5 Å². The van der Waals surface area contributed by atoms with Gasteiger partial charge in [-0.3, -0.25) is 9.59 Å². The quantitative estimate of drug-likeness (QED) is 0.491. The number of carbonyl (C=O) groups excluding carboxylic acids is 3. The Morgan fingerprint density at radius 2 is 1.56 bits per heavy atom. The standard InChI is InChI=1S/C24H32N2O7S/c1-9-26(10-2)23(28)20-14(5)18(24(29)33-13(3)4)22(34-20)25-21(27)15-11-16(30-6)19(32-8)17(12-15)31-7/h11-13H,9-10H2,1-8H3,(H,25,27). The summed E-state index contributed by atoms with van der Waals surface area (Å²) in [6.07, 6.45) is -0.368. The molecule has 0 saturated heterocycles. The number of anilines is 1. The van der Waals surface area contributed by atoms with Gasteiger partial charge in [-0.05, 0) is 52.3 Å². The van der Waals surface area contributed by atoms with E-state index in [0.29, 0.717) is 40.8 Å². The second-order valence-electron chi connectivity index (χ2n) is 7.56. The molecule has 1 aromatic heterocycles. The largest absolute Gasteiger partial charge is 0.493 e. The molecule has 10 heteroatoms. The predicted octanol–water partition coefficient (Wildman–Crippen LogP) is 4.38. The van der Waals surface area contributed by atoms with E-state index < -0.39 is 11.9 Å². The van der Waals surface area contributed by atoms with Crippen molar-refractivity contribution in [3.63, 3.8) is 0 Å². The van der Waals surface area contributed by atoms with Gasteiger partial charge in [0.25, 0.3) is 11.8 Å². The Morgan fingerprint density at radius 3 is 2.00 bits per heavy atom. The topological polar surface area (TPSA) is 103 Å². The summed E-state index contributed by atoms with van der Waals surface area (Å²) in [6.45, 7) is 9.94. The van der Waals surface area contributed by atoms with Crippen LogP contribution in [0.25, 0.3) is 0 Å². The number of nitrogens with zero attached hydrogens (tertiary/aromatic N) is 1. The van der Waals surface area contributed by atoms with Crippen molar-refractivity contribution >= 4 is 34.1 Å². The Morgan fingerprint density at radius 1 is 1.00 bits per heavy atom. The van der Waals surface area contributed by atoms with E-state index in [1.54, 1.807) is 25.7 Å². The fourth-order valence-corrected chi connectivity index (χ4v) is 4.52. The molecule has 0 aliphatic carbocycles. The first kappa shape index (κ1) is 27.0. The Balaban J connectivity index is 2.55. The van der Waals surface area contributed by atoms with Crippen LogP contribution in [0.5, 0.6) is 17.2 Å². The number of hydrogen-bond donors (Lipinski definition) is 1. The molecular weight excluding hydrogens is 460 g/mol. The molecule has 0 bridgehead atoms. The lowest BCUT2D eigenvalue weighted by Crippen LogP contribution is -2.30. The molecule has 9 nitrogen and oxygen atoms in total. The highest BCUT2D eigenvalue weighted by molar-refractivity contribution is 7.18. The second kappa shape index (κ2) is 11.7. The highest BCUT2D eigenvalue weighted by Crippen LogP contribution is 2.39. The number of amides is 2. The van der Waals surface area contributed by atoms with Gasteiger partial charge in [0.1, 0.15) is 5.00 Å². The van der Waals surface area contributed by atoms with E-state index in [4.69, 9.17) is 18.9 Å². The van der Waals surface area contributed by atoms with Crippen molar-refractivity contribution < 1.29 is 33.3 Å². The Labute approximate surface area is 203 Å². The lowest BCUT2D eigenvalue weighted by atomic mass is 10.1. The zero-order valence-corrected chi connectivity index (χ0v) is 21.7. The minimum Gasteiger partial charge on any atom is -0.493 e. The molecule has 0 aliphatic heterocycles. The summed E-state index contributed by atoms with van der Waals surface area (Å²) in [5, 5.41) is 3.00. The first-order chi connectivity index (χ1) is 16.1. The first-order valence-electron chi connectivity index (χ1n) is 10.9. The predicted molar refractivity (Wildman–Crippen MR) is 131 cm³/mol. The summed E-state index contributed by atoms with van der Waals surface area (Å²) in [4.78, 5) is 41.2. The number of nitrogens with one attached hydrogen (secondary N) is 1. The maximum atomic E-state index is 13.2. The molecule has 0 aliphatic rings. The summed E-state index contributed by atoms with van der Waals surface area (Å²) in [7, 11) is 4.37. The van der Waals surface area contributed by atoms with Gasteiger partial charge in [0.05, 0.1) is 37.9 Å². The SMILES string of the molecule is CCN(CC)C(=O)c1sc(NC(=O)c2cc(OC)c(OC)c(OC)c2)c(C(=O)OC(C)C)c1C. The van der Waals surface area contributed by atoms with E-state index in [2.05, 4.69) is 5.32 Å². The molecule has 0 radical (unpaired) electrons. The molecule has 1 heterocycles. The van der Waals surface area contributed by atoms with E-state index in [-0.39, 0.29) is 28.1 Å². The average molecular weight is 493 g/mol. The van der Waals surface area contributed by atoms with Crippen LogP contribution in [0.4, 0.5) is 5.00 Å². The third-order valence-electron chi connectivity index (χ3n) is 5.09. The lowest BCUT2D eigenvalue weighted by Gasteiger charge is -2.18. The van der Waals surface area contributed by atoms with Gasteiger partial charge in [-0.2, -0.15) is 0 Å². The molecule has 2 aromatic rings. The summed E-state index contributed by atoms with van der Waals surface area (Å²) in [5.74, 6) is -0.359. The van der Waals surface area contributed by atoms with Crippen molar-refractivity contribution in [3.8, 4) is 17.2 Å². The average Bonchev–Trinajstić information content (AvgIpc) is 3.13. The van der Waals surface area contributed by atoms with Crippen LogP contribution < -0.4 is 19.5 Å². The van der Waals surface area contributed by atoms with Gasteiger partial charge in [-0.1, -0.05) is 0 Å². The normalized spacial score (nSPS) is 10.6. The van der Waals surface area contributed by atoms with Crippen LogP contribution in [0.2, 0.25) is 0 Å². The van der Waals surface area contributed by atoms with Crippen LogP contribution in [0, 0.1) is 6.92 Å². The highest BCUT2D eigenvalue weighted by Gasteiger charge is 2.29. The monoisotopic (exact) mass is 492 g/mol. The zero-order chi connectivity index (χ0) is 25.6. The van der Waals surface area contributed by atoms with Crippen LogP contribution in [-0.4, -0.2) is 63.2 Å². The molecule has 0 unspecified atom stereocenters. The molecule has 2 amide bonds. The van der Waals surface area contributed by atoms with E-state index >= 15 is 0 Å². The van der Waals surface area contributed by atoms with Crippen LogP contribution >= 0.6 is 11.3 Å². The fraction of sp³-hybridized carbons (Fsp3) is 0.458. The third-order valence-corrected chi connectivity index (χ3v) is 6.29. The number of esters is 1. The molecule has 0 fully saturated rings. The number of rotatable bonds is 10. The van der Waals surface area contributed by atoms with Crippen molar-refractivity contribution in [3.05, 3.63) is 33.7 Å². The van der Waals surface area contributed by atoms with Crippen molar-refractivity contribution in [2.24, 2.45) is 0 Å². The third kappa shape index (κ3) is 5.61. The van der Waals surface area contributed by atoms with Crippen molar-refractivity contribution in [2.45, 2.75) is 40.7 Å². The molecule has 1 N–H and O–H groups in total. The molecule has 1 aromatic carbocycles. The maximum Gasteiger partial charge on any atom is 0.341 e. The van der Waals surface area contributed by atoms with Gasteiger partial charge in [0, 0.05) is 18.7 Å². The van der Waals surface area contributed by atoms with Crippen LogP contribution in [-0.2, 0) is 4.74 Å². The Kier molecular flexibility index (Phi) is 9.31. The first-order valence-corrected chi connectivity index (χ1v) is 11.7. The minimum atomic E-state index is -0.609. The van der Waals surface area contributed by atoms with Gasteiger partial charge in [-0.25, -0.2) is 4.79 Å². The van der Waals surface area contributed by atoms with E-state index in [9.17, 15) is 14.4 Å². The second-order valence-corrected chi connectivity index (χ2v) is 8.58. The molecule has 2 rings (SSSR count). The van der Waals surface area contributed by atoms with Gasteiger partial charge < -0.3 is 29.2 Å². The Hall–Kier alpha value is -3.27. The molecule has 186 valence electrons. The summed E-state index contributed by atoms with van der Waals surface area (Å²) in [5.41, 5.74) is 0.850. The number of thiophene rings is 1. The smallest absolute Gasteiger partial charge is 0.341 e. The molecule has 0 saturated carbocycles. The number of hydrogen-bond acceptors (Lipinski definition) is 8. The van der Waals surface area contributed by atoms with E-state index in [1.807, 2.05) is 13.8 Å². The number of ether oxygens (including phenoxy) is 4. The summed E-state index contributed by atoms with van der Waals surface area (Å²) < 4.78 is 21.3. The van der Waals surface area contributed by atoms with Crippen LogP contribution in [0.15, 0.2) is 12.1 Å². The van der Waals surface area contributed by atoms with Crippen molar-refractivity contribution in [1.29, 1.82) is 0 Å². The number of carbonyl (C=O) groups is 3. The molecule has 0 spiro atoms. The summed E-state index contributed by atoms with van der Waals surface area (Å²) in [6, 6.07) is 3.01. The maximum absolute atomic E-state index is 13.2. The highest BCUT2D eigenvalue weighted by atomic mass is 32.1. The molecule has 34 heavy (non-hydrogen) atoms. The van der Waals surface area contributed by atoms with Crippen LogP contribution in [0.3, 0.4) is 0 Å². The number of benzene rings is 1. The number of methoxy groups -OCH3 is 3. The van der Waals surface area contributed by atoms with E-state index in [1.165, 1.54) is 33.5 Å². The van der Waals surface area contributed by atoms with Gasteiger partial charge in [-0.15, -0.1) is 11.3 Å².